The van der Waals surface area contributed by atoms with Crippen molar-refractivity contribution in [2.24, 2.45) is 5.10 Å². The monoisotopic (exact) mass is 337 g/mol. The molecule has 0 fully saturated rings. The second kappa shape index (κ2) is 6.56. The molecule has 0 aliphatic heterocycles. The molecule has 3 aromatic rings. The number of para-hydroxylation sites is 1. The number of hydrogen-bond donors (Lipinski definition) is 1. The van der Waals surface area contributed by atoms with Crippen LogP contribution in [0.25, 0.3) is 11.0 Å². The molecule has 0 spiro atoms. The fourth-order valence-electron chi connectivity index (χ4n) is 2.51. The quantitative estimate of drug-likeness (QED) is 0.445. The lowest BCUT2D eigenvalue weighted by atomic mass is 10.1. The first-order valence-corrected chi connectivity index (χ1v) is 7.54. The van der Waals surface area contributed by atoms with Crippen LogP contribution < -0.4 is 5.43 Å². The Morgan fingerprint density at radius 3 is 2.72 bits per heavy atom. The van der Waals surface area contributed by atoms with E-state index in [-0.39, 0.29) is 11.4 Å². The molecular formula is C18H15N3O4. The lowest BCUT2D eigenvalue weighted by Crippen LogP contribution is -2.17. The van der Waals surface area contributed by atoms with Crippen molar-refractivity contribution in [3.8, 4) is 0 Å². The Hall–Kier alpha value is -3.48. The summed E-state index contributed by atoms with van der Waals surface area (Å²) in [7, 11) is 0. The third-order valence-corrected chi connectivity index (χ3v) is 3.86. The Kier molecular flexibility index (Phi) is 4.30. The highest BCUT2D eigenvalue weighted by molar-refractivity contribution is 5.99. The van der Waals surface area contributed by atoms with Crippen LogP contribution in [-0.2, 0) is 0 Å². The van der Waals surface area contributed by atoms with Crippen LogP contribution in [0.15, 0.2) is 52.0 Å². The van der Waals surface area contributed by atoms with Gasteiger partial charge in [-0.25, -0.2) is 5.43 Å². The summed E-state index contributed by atoms with van der Waals surface area (Å²) in [4.78, 5) is 22.7. The minimum Gasteiger partial charge on any atom is -0.451 e. The second-order valence-corrected chi connectivity index (χ2v) is 5.55. The minimum absolute atomic E-state index is 0.00315. The Morgan fingerprint density at radius 1 is 1.24 bits per heavy atom. The van der Waals surface area contributed by atoms with Gasteiger partial charge in [0.15, 0.2) is 5.76 Å². The lowest BCUT2D eigenvalue weighted by Gasteiger charge is -1.99. The number of rotatable bonds is 4. The van der Waals surface area contributed by atoms with Crippen molar-refractivity contribution in [3.63, 3.8) is 0 Å². The number of carbonyl (C=O) groups is 1. The average molecular weight is 337 g/mol. The number of amides is 1. The summed E-state index contributed by atoms with van der Waals surface area (Å²) in [6, 6.07) is 12.1. The summed E-state index contributed by atoms with van der Waals surface area (Å²) in [6.07, 6.45) is 1.35. The molecule has 3 rings (SSSR count). The van der Waals surface area contributed by atoms with Crippen molar-refractivity contribution in [2.75, 3.05) is 0 Å². The molecule has 0 unspecified atom stereocenters. The maximum atomic E-state index is 12.2. The van der Waals surface area contributed by atoms with Crippen LogP contribution in [0.5, 0.6) is 0 Å². The van der Waals surface area contributed by atoms with Gasteiger partial charge in [-0.3, -0.25) is 14.9 Å². The average Bonchev–Trinajstić information content (AvgIpc) is 2.93. The number of hydrogen-bond acceptors (Lipinski definition) is 5. The fourth-order valence-corrected chi connectivity index (χ4v) is 2.51. The summed E-state index contributed by atoms with van der Waals surface area (Å²) >= 11 is 0. The number of hydrazone groups is 1. The van der Waals surface area contributed by atoms with Crippen LogP contribution in [0.3, 0.4) is 0 Å². The molecule has 0 aliphatic rings. The number of aryl methyl sites for hydroxylation is 2. The van der Waals surface area contributed by atoms with E-state index >= 15 is 0 Å². The van der Waals surface area contributed by atoms with Crippen molar-refractivity contribution in [3.05, 3.63) is 75.0 Å². The van der Waals surface area contributed by atoms with Crippen LogP contribution in [0.2, 0.25) is 0 Å². The summed E-state index contributed by atoms with van der Waals surface area (Å²) in [5.74, 6) is -0.292. The minimum atomic E-state index is -0.480. The van der Waals surface area contributed by atoms with Gasteiger partial charge in [0.25, 0.3) is 5.69 Å². The van der Waals surface area contributed by atoms with E-state index in [4.69, 9.17) is 4.42 Å². The molecule has 7 nitrogen and oxygen atoms in total. The molecule has 0 saturated carbocycles. The number of benzene rings is 2. The molecule has 126 valence electrons. The van der Waals surface area contributed by atoms with Gasteiger partial charge in [0.1, 0.15) is 5.58 Å². The molecule has 2 aromatic carbocycles. The topological polar surface area (TPSA) is 97.7 Å². The largest absolute Gasteiger partial charge is 0.451 e. The van der Waals surface area contributed by atoms with E-state index in [0.29, 0.717) is 16.7 Å². The zero-order valence-corrected chi connectivity index (χ0v) is 13.6. The van der Waals surface area contributed by atoms with E-state index in [9.17, 15) is 14.9 Å². The molecule has 1 aromatic heterocycles. The molecule has 0 bridgehead atoms. The summed E-state index contributed by atoms with van der Waals surface area (Å²) < 4.78 is 5.55. The number of nitrogens with one attached hydrogen (secondary N) is 1. The van der Waals surface area contributed by atoms with Gasteiger partial charge < -0.3 is 4.42 Å². The molecule has 1 heterocycles. The van der Waals surface area contributed by atoms with E-state index in [1.54, 1.807) is 32.0 Å². The second-order valence-electron chi connectivity index (χ2n) is 5.55. The molecule has 0 saturated heterocycles. The molecule has 1 N–H and O–H groups in total. The van der Waals surface area contributed by atoms with E-state index in [2.05, 4.69) is 10.5 Å². The van der Waals surface area contributed by atoms with Crippen molar-refractivity contribution in [2.45, 2.75) is 13.8 Å². The smallest absolute Gasteiger partial charge is 0.307 e. The third kappa shape index (κ3) is 3.25. The van der Waals surface area contributed by atoms with Gasteiger partial charge in [-0.15, -0.1) is 0 Å². The highest BCUT2D eigenvalue weighted by Crippen LogP contribution is 2.24. The summed E-state index contributed by atoms with van der Waals surface area (Å²) in [6.45, 7) is 3.46. The van der Waals surface area contributed by atoms with Crippen LogP contribution >= 0.6 is 0 Å². The lowest BCUT2D eigenvalue weighted by molar-refractivity contribution is -0.385. The Labute approximate surface area is 143 Å². The maximum Gasteiger partial charge on any atom is 0.307 e. The molecule has 0 radical (unpaired) electrons. The van der Waals surface area contributed by atoms with Gasteiger partial charge in [-0.1, -0.05) is 30.3 Å². The summed E-state index contributed by atoms with van der Waals surface area (Å²) in [5.41, 5.74) is 4.81. The standard InChI is InChI=1S/C18H15N3O4/c1-11-7-8-13(9-15(11)21(23)24)10-19-20-18(22)17-12(2)14-5-3-4-6-16(14)25-17/h3-10H,1-2H3,(H,20,22)/b19-10-. The van der Waals surface area contributed by atoms with E-state index < -0.39 is 10.8 Å². The Morgan fingerprint density at radius 2 is 2.00 bits per heavy atom. The number of carbonyl (C=O) groups excluding carboxylic acids is 1. The van der Waals surface area contributed by atoms with Crippen LogP contribution in [-0.4, -0.2) is 17.0 Å². The highest BCUT2D eigenvalue weighted by atomic mass is 16.6. The van der Waals surface area contributed by atoms with E-state index in [0.717, 1.165) is 10.9 Å². The van der Waals surface area contributed by atoms with Crippen molar-refractivity contribution in [1.29, 1.82) is 0 Å². The predicted octanol–water partition coefficient (Wildman–Crippen LogP) is 3.72. The number of nitro benzene ring substituents is 1. The van der Waals surface area contributed by atoms with Gasteiger partial charge in [0.05, 0.1) is 11.1 Å². The molecule has 25 heavy (non-hydrogen) atoms. The van der Waals surface area contributed by atoms with Gasteiger partial charge in [0.2, 0.25) is 0 Å². The Bertz CT molecular complexity index is 1000. The SMILES string of the molecule is Cc1ccc(/C=N\NC(=O)c2oc3ccccc3c2C)cc1[N+](=O)[O-]. The molecule has 0 atom stereocenters. The zero-order chi connectivity index (χ0) is 18.0. The van der Waals surface area contributed by atoms with Crippen molar-refractivity contribution >= 4 is 28.8 Å². The van der Waals surface area contributed by atoms with E-state index in [1.165, 1.54) is 12.3 Å². The fraction of sp³-hybridized carbons (Fsp3) is 0.111. The first-order valence-electron chi connectivity index (χ1n) is 7.54. The first kappa shape index (κ1) is 16.4. The number of nitrogens with zero attached hydrogens (tertiary/aromatic N) is 2. The van der Waals surface area contributed by atoms with Gasteiger partial charge in [0, 0.05) is 28.1 Å². The van der Waals surface area contributed by atoms with Gasteiger partial charge in [-0.2, -0.15) is 5.10 Å². The maximum absolute atomic E-state index is 12.2. The predicted molar refractivity (Wildman–Crippen MR) is 93.8 cm³/mol. The van der Waals surface area contributed by atoms with Crippen LogP contribution in [0.4, 0.5) is 5.69 Å². The highest BCUT2D eigenvalue weighted by Gasteiger charge is 2.16. The zero-order valence-electron chi connectivity index (χ0n) is 13.6. The summed E-state index contributed by atoms with van der Waals surface area (Å²) in [5, 5.41) is 15.7. The van der Waals surface area contributed by atoms with Crippen LogP contribution in [0, 0.1) is 24.0 Å². The van der Waals surface area contributed by atoms with Crippen LogP contribution in [0.1, 0.15) is 27.2 Å². The first-order chi connectivity index (χ1) is 12.0. The Balaban J connectivity index is 1.77. The van der Waals surface area contributed by atoms with Crippen molar-refractivity contribution < 1.29 is 14.1 Å². The van der Waals surface area contributed by atoms with E-state index in [1.807, 2.05) is 18.2 Å². The molecule has 0 aliphatic carbocycles. The van der Waals surface area contributed by atoms with Gasteiger partial charge >= 0.3 is 5.91 Å². The number of fused-ring (bicyclic) bond motifs is 1. The van der Waals surface area contributed by atoms with Crippen molar-refractivity contribution in [1.82, 2.24) is 5.43 Å². The molecule has 7 heteroatoms. The normalized spacial score (nSPS) is 11.1. The number of furan rings is 1. The third-order valence-electron chi connectivity index (χ3n) is 3.86. The van der Waals surface area contributed by atoms with Gasteiger partial charge in [-0.05, 0) is 19.9 Å². The molecule has 1 amide bonds. The number of nitro groups is 1. The molecular weight excluding hydrogens is 322 g/mol.